The molecule has 0 aromatic carbocycles. The van der Waals surface area contributed by atoms with Crippen LogP contribution >= 0.6 is 15.8 Å². The van der Waals surface area contributed by atoms with Crippen LogP contribution in [-0.4, -0.2) is 69.9 Å². The fourth-order valence-electron chi connectivity index (χ4n) is 1.40. The molecule has 0 radical (unpaired) electrons. The highest BCUT2D eigenvalue weighted by Crippen LogP contribution is 2.50. The van der Waals surface area contributed by atoms with Gasteiger partial charge in [-0.3, -0.25) is 0 Å². The van der Waals surface area contributed by atoms with Crippen molar-refractivity contribution in [2.45, 2.75) is 5.40 Å². The lowest BCUT2D eigenvalue weighted by molar-refractivity contribution is 0.100. The molecule has 0 unspecified atom stereocenters. The lowest BCUT2D eigenvalue weighted by atomic mass is 10.6. The second kappa shape index (κ2) is 7.84. The molecule has 0 aliphatic rings. The summed E-state index contributed by atoms with van der Waals surface area (Å²) in [4.78, 5) is 24.1. The molecule has 0 saturated heterocycles. The predicted molar refractivity (Wildman–Crippen MR) is 72.8 cm³/mol. The van der Waals surface area contributed by atoms with Crippen LogP contribution in [0.4, 0.5) is 9.59 Å². The highest BCUT2D eigenvalue weighted by atomic mass is 31.2. The number of hydrogen-bond acceptors (Lipinski definition) is 4. The number of ether oxygens (including phenoxy) is 2. The van der Waals surface area contributed by atoms with Crippen molar-refractivity contribution in [2.24, 2.45) is 0 Å². The third-order valence-corrected chi connectivity index (χ3v) is 7.81. The summed E-state index contributed by atoms with van der Waals surface area (Å²) in [7, 11) is 2.07. The first kappa shape index (κ1) is 16.6. The molecule has 100 valence electrons. The zero-order valence-electron chi connectivity index (χ0n) is 11.3. The van der Waals surface area contributed by atoms with E-state index in [1.165, 1.54) is 14.2 Å². The fourth-order valence-corrected chi connectivity index (χ4v) is 6.07. The van der Waals surface area contributed by atoms with Gasteiger partial charge in [-0.05, 0) is 26.7 Å². The summed E-state index contributed by atoms with van der Waals surface area (Å²) >= 11 is 0. The van der Waals surface area contributed by atoms with Gasteiger partial charge in [-0.2, -0.15) is 0 Å². The quantitative estimate of drug-likeness (QED) is 0.743. The number of carbonyl (C=O) groups is 2. The minimum Gasteiger partial charge on any atom is -0.452 e. The smallest absolute Gasteiger partial charge is 0.419 e. The van der Waals surface area contributed by atoms with Crippen LogP contribution in [0, 0.1) is 0 Å². The van der Waals surface area contributed by atoms with Crippen molar-refractivity contribution >= 4 is 28.0 Å². The van der Waals surface area contributed by atoms with Gasteiger partial charge in [0.1, 0.15) is 0 Å². The van der Waals surface area contributed by atoms with Gasteiger partial charge in [-0.15, -0.1) is 15.8 Å². The largest absolute Gasteiger partial charge is 0.452 e. The van der Waals surface area contributed by atoms with E-state index >= 15 is 0 Å². The van der Waals surface area contributed by atoms with Crippen molar-refractivity contribution in [3.63, 3.8) is 0 Å². The monoisotopic (exact) mass is 281 g/mol. The summed E-state index contributed by atoms with van der Waals surface area (Å²) in [6.07, 6.45) is -1.31. The average Bonchev–Trinajstić information content (AvgIpc) is 2.27. The van der Waals surface area contributed by atoms with Crippen molar-refractivity contribution in [1.82, 2.24) is 4.90 Å². The summed E-state index contributed by atoms with van der Waals surface area (Å²) in [6, 6.07) is 0. The van der Waals surface area contributed by atoms with Gasteiger partial charge >= 0.3 is 12.2 Å². The van der Waals surface area contributed by atoms with Gasteiger partial charge in [-0.1, -0.05) is 0 Å². The first-order valence-electron chi connectivity index (χ1n) is 5.11. The lowest BCUT2D eigenvalue weighted by Gasteiger charge is -2.29. The van der Waals surface area contributed by atoms with E-state index in [-0.39, 0.29) is 15.8 Å². The predicted octanol–water partition coefficient (Wildman–Crippen LogP) is 2.63. The Morgan fingerprint density at radius 1 is 1.00 bits per heavy atom. The number of carbonyl (C=O) groups excluding carboxylic acids is 2. The molecule has 0 spiro atoms. The fraction of sp³-hybridized carbons (Fsp3) is 0.800. The van der Waals surface area contributed by atoms with Gasteiger partial charge < -0.3 is 9.47 Å². The molecule has 2 amide bonds. The molecule has 0 fully saturated rings. The Hall–Kier alpha value is -0.400. The van der Waals surface area contributed by atoms with Gasteiger partial charge in [0, 0.05) is 11.9 Å². The zero-order valence-corrected chi connectivity index (χ0v) is 13.0. The van der Waals surface area contributed by atoms with Gasteiger partial charge in [0.25, 0.3) is 0 Å². The Kier molecular flexibility index (Phi) is 7.65. The third-order valence-electron chi connectivity index (χ3n) is 2.33. The third kappa shape index (κ3) is 5.18. The van der Waals surface area contributed by atoms with Crippen molar-refractivity contribution in [2.75, 3.05) is 47.4 Å². The average molecular weight is 281 g/mol. The molecule has 0 rings (SSSR count). The lowest BCUT2D eigenvalue weighted by Crippen LogP contribution is -2.40. The number of amides is 2. The van der Waals surface area contributed by atoms with Crippen LogP contribution in [-0.2, 0) is 9.47 Å². The molecular formula is C10H21NO4P2. The van der Waals surface area contributed by atoms with E-state index in [1.54, 1.807) is 0 Å². The Morgan fingerprint density at radius 3 is 1.59 bits per heavy atom. The maximum atomic E-state index is 11.5. The maximum absolute atomic E-state index is 11.5. The van der Waals surface area contributed by atoms with Crippen LogP contribution < -0.4 is 0 Å². The summed E-state index contributed by atoms with van der Waals surface area (Å²) in [5.74, 6) is 0. The van der Waals surface area contributed by atoms with Crippen LogP contribution in [0.1, 0.15) is 0 Å². The van der Waals surface area contributed by atoms with Crippen molar-refractivity contribution in [3.05, 3.63) is 0 Å². The molecule has 0 aromatic rings. The normalized spacial score (nSPS) is 10.9. The first-order chi connectivity index (χ1) is 7.84. The van der Waals surface area contributed by atoms with E-state index in [2.05, 4.69) is 36.1 Å². The van der Waals surface area contributed by atoms with Crippen molar-refractivity contribution in [1.29, 1.82) is 0 Å². The SMILES string of the molecule is COC(=O)N(CC(P(C)C)P(C)C)C(=O)OC. The summed E-state index contributed by atoms with van der Waals surface area (Å²) in [5, 5.41) is 0.346. The van der Waals surface area contributed by atoms with E-state index in [4.69, 9.17) is 0 Å². The second-order valence-electron chi connectivity index (χ2n) is 3.96. The molecule has 0 aromatic heterocycles. The molecule has 7 heteroatoms. The molecule has 0 saturated carbocycles. The van der Waals surface area contributed by atoms with Crippen LogP contribution in [0.15, 0.2) is 0 Å². The topological polar surface area (TPSA) is 55.8 Å². The first-order valence-corrected chi connectivity index (χ1v) is 9.72. The molecule has 5 nitrogen and oxygen atoms in total. The Bertz CT molecular complexity index is 247. The number of imide groups is 1. The van der Waals surface area contributed by atoms with Crippen molar-refractivity contribution < 1.29 is 19.1 Å². The van der Waals surface area contributed by atoms with E-state index in [0.29, 0.717) is 11.9 Å². The number of methoxy groups -OCH3 is 2. The van der Waals surface area contributed by atoms with Crippen LogP contribution in [0.5, 0.6) is 0 Å². The van der Waals surface area contributed by atoms with Crippen LogP contribution in [0.25, 0.3) is 0 Å². The van der Waals surface area contributed by atoms with Gasteiger partial charge in [0.2, 0.25) is 0 Å². The highest BCUT2D eigenvalue weighted by molar-refractivity contribution is 7.74. The Morgan fingerprint density at radius 2 is 1.35 bits per heavy atom. The molecule has 0 aliphatic heterocycles. The standard InChI is InChI=1S/C10H21NO4P2/c1-14-9(12)11(10(13)15-2)7-8(16(3)4)17(5)6/h8H,7H2,1-6H3. The molecule has 17 heavy (non-hydrogen) atoms. The molecule has 0 heterocycles. The van der Waals surface area contributed by atoms with Crippen LogP contribution in [0.2, 0.25) is 0 Å². The Balaban J connectivity index is 4.83. The van der Waals surface area contributed by atoms with Crippen molar-refractivity contribution in [3.8, 4) is 0 Å². The second-order valence-corrected chi connectivity index (χ2v) is 9.47. The van der Waals surface area contributed by atoms with E-state index in [0.717, 1.165) is 4.90 Å². The summed E-state index contributed by atoms with van der Waals surface area (Å²) in [5.41, 5.74) is 0. The molecular weight excluding hydrogens is 260 g/mol. The molecule has 0 N–H and O–H groups in total. The maximum Gasteiger partial charge on any atom is 0.419 e. The van der Waals surface area contributed by atoms with Gasteiger partial charge in [0.05, 0.1) is 14.2 Å². The number of nitrogens with zero attached hydrogens (tertiary/aromatic N) is 1. The highest BCUT2D eigenvalue weighted by Gasteiger charge is 2.29. The number of hydrogen-bond donors (Lipinski definition) is 0. The van der Waals surface area contributed by atoms with E-state index in [9.17, 15) is 9.59 Å². The van der Waals surface area contributed by atoms with E-state index < -0.39 is 12.2 Å². The minimum atomic E-state index is -0.657. The van der Waals surface area contributed by atoms with E-state index in [1.807, 2.05) is 0 Å². The molecule has 0 aliphatic carbocycles. The number of rotatable bonds is 4. The van der Waals surface area contributed by atoms with Gasteiger partial charge in [-0.25, -0.2) is 14.5 Å². The minimum absolute atomic E-state index is 0.224. The zero-order chi connectivity index (χ0) is 13.6. The van der Waals surface area contributed by atoms with Crippen LogP contribution in [0.3, 0.4) is 0 Å². The summed E-state index contributed by atoms with van der Waals surface area (Å²) in [6.45, 7) is 8.96. The molecule has 0 bridgehead atoms. The Labute approximate surface area is 105 Å². The van der Waals surface area contributed by atoms with Gasteiger partial charge in [0.15, 0.2) is 0 Å². The summed E-state index contributed by atoms with van der Waals surface area (Å²) < 4.78 is 9.19. The molecule has 0 atom stereocenters.